The van der Waals surface area contributed by atoms with Gasteiger partial charge < -0.3 is 26.0 Å². The lowest BCUT2D eigenvalue weighted by molar-refractivity contribution is -0.139. The second-order valence-corrected chi connectivity index (χ2v) is 10.5. The zero-order chi connectivity index (χ0) is 25.6. The summed E-state index contributed by atoms with van der Waals surface area (Å²) in [5.74, 6) is 1.48. The Morgan fingerprint density at radius 3 is 2.57 bits per heavy atom. The van der Waals surface area contributed by atoms with Gasteiger partial charge >= 0.3 is 5.97 Å². The van der Waals surface area contributed by atoms with Gasteiger partial charge in [-0.05, 0) is 62.1 Å². The lowest BCUT2D eigenvalue weighted by Crippen LogP contribution is -2.37. The van der Waals surface area contributed by atoms with Crippen LogP contribution in [0.5, 0.6) is 0 Å². The number of fused-ring (bicyclic) bond motifs is 1. The van der Waals surface area contributed by atoms with Crippen molar-refractivity contribution in [3.63, 3.8) is 0 Å². The number of nitrogens with two attached hydrogens (primary N) is 1. The van der Waals surface area contributed by atoms with Crippen LogP contribution < -0.4 is 26.4 Å². The summed E-state index contributed by atoms with van der Waals surface area (Å²) < 4.78 is 0. The number of carbonyl (C=O) groups is 1. The van der Waals surface area contributed by atoms with E-state index in [1.807, 2.05) is 12.1 Å². The van der Waals surface area contributed by atoms with Crippen LogP contribution in [0.3, 0.4) is 0 Å². The number of anilines is 4. The Bertz CT molecular complexity index is 1360. The molecule has 1 atom stereocenters. The van der Waals surface area contributed by atoms with Gasteiger partial charge in [0.05, 0.1) is 24.0 Å². The van der Waals surface area contributed by atoms with Crippen molar-refractivity contribution in [1.29, 1.82) is 0 Å². The van der Waals surface area contributed by atoms with Crippen LogP contribution >= 0.6 is 0 Å². The van der Waals surface area contributed by atoms with Crippen LogP contribution in [-0.2, 0) is 4.79 Å². The fourth-order valence-electron chi connectivity index (χ4n) is 5.81. The maximum Gasteiger partial charge on any atom is 0.307 e. The number of hydrogen-bond donors (Lipinski definition) is 4. The zero-order valence-corrected chi connectivity index (χ0v) is 20.6. The summed E-state index contributed by atoms with van der Waals surface area (Å²) in [7, 11) is 0. The normalized spacial score (nSPS) is 21.4. The van der Waals surface area contributed by atoms with Gasteiger partial charge in [0.1, 0.15) is 22.5 Å². The molecule has 6 rings (SSSR count). The van der Waals surface area contributed by atoms with Gasteiger partial charge in [-0.3, -0.25) is 9.59 Å². The third-order valence-electron chi connectivity index (χ3n) is 8.32. The number of aromatic amines is 1. The molecule has 3 aromatic heterocycles. The van der Waals surface area contributed by atoms with Gasteiger partial charge in [0.15, 0.2) is 0 Å². The molecule has 1 saturated carbocycles. The highest BCUT2D eigenvalue weighted by Crippen LogP contribution is 2.59. The molecule has 0 bridgehead atoms. The number of piperidine rings is 2. The van der Waals surface area contributed by atoms with Crippen molar-refractivity contribution in [2.75, 3.05) is 47.8 Å². The number of carboxylic acids is 1. The minimum atomic E-state index is -0.669. The number of H-pyrrole nitrogens is 1. The Morgan fingerprint density at radius 2 is 1.92 bits per heavy atom. The summed E-state index contributed by atoms with van der Waals surface area (Å²) in [6.45, 7) is 3.90. The molecule has 0 amide bonds. The van der Waals surface area contributed by atoms with E-state index in [0.717, 1.165) is 64.1 Å². The number of aromatic nitrogens is 5. The summed E-state index contributed by atoms with van der Waals surface area (Å²) in [4.78, 5) is 42.3. The van der Waals surface area contributed by atoms with E-state index in [-0.39, 0.29) is 16.9 Å². The molecule has 12 nitrogen and oxygen atoms in total. The van der Waals surface area contributed by atoms with Gasteiger partial charge in [0.25, 0.3) is 5.56 Å². The molecule has 3 aliphatic rings. The van der Waals surface area contributed by atoms with E-state index in [1.54, 1.807) is 12.4 Å². The van der Waals surface area contributed by atoms with Gasteiger partial charge in [0, 0.05) is 26.2 Å². The number of nitrogens with zero attached hydrogens (tertiary/aromatic N) is 6. The van der Waals surface area contributed by atoms with Crippen molar-refractivity contribution in [3.8, 4) is 0 Å². The number of nitrogens with one attached hydrogen (secondary N) is 2. The van der Waals surface area contributed by atoms with Crippen molar-refractivity contribution >= 4 is 40.1 Å². The number of rotatable bonds is 6. The Labute approximate surface area is 213 Å². The molecule has 0 aromatic carbocycles. The Kier molecular flexibility index (Phi) is 5.90. The third-order valence-corrected chi connectivity index (χ3v) is 8.32. The molecule has 2 saturated heterocycles. The average Bonchev–Trinajstić information content (AvgIpc) is 3.63. The van der Waals surface area contributed by atoms with Crippen molar-refractivity contribution in [2.45, 2.75) is 32.1 Å². The molecule has 1 unspecified atom stereocenters. The van der Waals surface area contributed by atoms with Crippen LogP contribution in [0.4, 0.5) is 23.3 Å². The molecule has 5 N–H and O–H groups in total. The second kappa shape index (κ2) is 9.25. The van der Waals surface area contributed by atoms with Crippen molar-refractivity contribution in [1.82, 2.24) is 25.1 Å². The molecular weight excluding hydrogens is 474 g/mol. The van der Waals surface area contributed by atoms with E-state index < -0.39 is 5.97 Å². The summed E-state index contributed by atoms with van der Waals surface area (Å²) in [6.07, 6.45) is 7.77. The fraction of sp³-hybridized carbons (Fsp3) is 0.520. The van der Waals surface area contributed by atoms with Crippen LogP contribution in [0.25, 0.3) is 10.9 Å². The molecule has 12 heteroatoms. The van der Waals surface area contributed by atoms with E-state index >= 15 is 0 Å². The van der Waals surface area contributed by atoms with Gasteiger partial charge in [-0.2, -0.15) is 10.1 Å². The predicted molar refractivity (Wildman–Crippen MR) is 139 cm³/mol. The maximum atomic E-state index is 12.6. The van der Waals surface area contributed by atoms with E-state index in [0.29, 0.717) is 40.8 Å². The second-order valence-electron chi connectivity index (χ2n) is 10.5. The number of aliphatic carboxylic acids is 1. The first kappa shape index (κ1) is 23.6. The predicted octanol–water partition coefficient (Wildman–Crippen LogP) is 1.72. The standard InChI is InChI=1S/C25H31N9O3/c26-12-15-3-7-34(8-4-15)24-30-18-14-28-32-22(35)20(18)21(31-24)29-16-1-2-19(27-13-16)33-9-5-25(6-10-33)11-17(25)23(36)37/h1-2,13-15,17H,3-12,26H2,(H,32,35)(H,36,37)(H,29,30,31). The molecule has 1 aliphatic carbocycles. The van der Waals surface area contributed by atoms with Crippen molar-refractivity contribution in [2.24, 2.45) is 23.0 Å². The highest BCUT2D eigenvalue weighted by atomic mass is 16.4. The van der Waals surface area contributed by atoms with E-state index in [2.05, 4.69) is 35.3 Å². The molecule has 194 valence electrons. The average molecular weight is 506 g/mol. The van der Waals surface area contributed by atoms with E-state index in [4.69, 9.17) is 10.7 Å². The summed E-state index contributed by atoms with van der Waals surface area (Å²) >= 11 is 0. The Hall–Kier alpha value is -3.80. The van der Waals surface area contributed by atoms with Crippen LogP contribution in [0.2, 0.25) is 0 Å². The topological polar surface area (TPSA) is 166 Å². The molecule has 3 aromatic rings. The van der Waals surface area contributed by atoms with Crippen LogP contribution in [0, 0.1) is 17.3 Å². The summed E-state index contributed by atoms with van der Waals surface area (Å²) in [5.41, 5.74) is 6.64. The summed E-state index contributed by atoms with van der Waals surface area (Å²) in [6, 6.07) is 3.86. The first-order valence-electron chi connectivity index (χ1n) is 12.9. The third kappa shape index (κ3) is 4.45. The van der Waals surface area contributed by atoms with Gasteiger partial charge in [-0.25, -0.2) is 15.1 Å². The molecule has 37 heavy (non-hydrogen) atoms. The summed E-state index contributed by atoms with van der Waals surface area (Å²) in [5, 5.41) is 19.3. The zero-order valence-electron chi connectivity index (χ0n) is 20.6. The largest absolute Gasteiger partial charge is 0.481 e. The van der Waals surface area contributed by atoms with Gasteiger partial charge in [-0.1, -0.05) is 0 Å². The molecule has 3 fully saturated rings. The van der Waals surface area contributed by atoms with Crippen LogP contribution in [0.1, 0.15) is 32.1 Å². The monoisotopic (exact) mass is 505 g/mol. The maximum absolute atomic E-state index is 12.6. The van der Waals surface area contributed by atoms with E-state index in [1.165, 1.54) is 0 Å². The first-order chi connectivity index (χ1) is 18.0. The van der Waals surface area contributed by atoms with Crippen LogP contribution in [0.15, 0.2) is 29.3 Å². The highest BCUT2D eigenvalue weighted by molar-refractivity contribution is 5.90. The molecule has 5 heterocycles. The molecule has 1 spiro atoms. The Balaban J connectivity index is 1.20. The number of hydrogen-bond acceptors (Lipinski definition) is 10. The molecular formula is C25H31N9O3. The number of pyridine rings is 1. The highest BCUT2D eigenvalue weighted by Gasteiger charge is 2.58. The smallest absolute Gasteiger partial charge is 0.307 e. The first-order valence-corrected chi connectivity index (χ1v) is 12.9. The van der Waals surface area contributed by atoms with E-state index in [9.17, 15) is 14.7 Å². The SMILES string of the molecule is NCC1CCN(c2nc(Nc3ccc(N4CCC5(CC4)CC5C(=O)O)nc3)c3c(=O)[nH]ncc3n2)CC1. The quantitative estimate of drug-likeness (QED) is 0.385. The Morgan fingerprint density at radius 1 is 1.14 bits per heavy atom. The minimum Gasteiger partial charge on any atom is -0.481 e. The lowest BCUT2D eigenvalue weighted by Gasteiger charge is -2.33. The van der Waals surface area contributed by atoms with Crippen molar-refractivity contribution in [3.05, 3.63) is 34.9 Å². The lowest BCUT2D eigenvalue weighted by atomic mass is 9.91. The molecule has 0 radical (unpaired) electrons. The van der Waals surface area contributed by atoms with Crippen molar-refractivity contribution < 1.29 is 9.90 Å². The number of carboxylic acid groups (broad SMARTS) is 1. The van der Waals surface area contributed by atoms with Crippen LogP contribution in [-0.4, -0.2) is 68.9 Å². The van der Waals surface area contributed by atoms with Gasteiger partial charge in [0.2, 0.25) is 5.95 Å². The molecule has 2 aliphatic heterocycles. The fourth-order valence-corrected chi connectivity index (χ4v) is 5.81. The van der Waals surface area contributed by atoms with Gasteiger partial charge in [-0.15, -0.1) is 0 Å². The minimum absolute atomic E-state index is 0.0168.